The number of unbranched alkanes of at least 4 members (excludes halogenated alkanes) is 1. The molecule has 1 aromatic heterocycles. The molecule has 2 aliphatic rings. The zero-order chi connectivity index (χ0) is 35.1. The second-order valence-corrected chi connectivity index (χ2v) is 15.5. The molecular weight excluding hydrogens is 773 g/mol. The van der Waals surface area contributed by atoms with Crippen molar-refractivity contribution in [3.8, 4) is 17.2 Å². The molecule has 266 valence electrons. The summed E-state index contributed by atoms with van der Waals surface area (Å²) in [4.78, 5) is 13.7. The molecule has 0 aliphatic heterocycles. The fraction of sp³-hybridized carbons (Fsp3) is 0.455. The van der Waals surface area contributed by atoms with Crippen LogP contribution in [0.3, 0.4) is 0 Å². The van der Waals surface area contributed by atoms with Gasteiger partial charge >= 0.3 is 12.6 Å². The predicted octanol–water partition coefficient (Wildman–Crippen LogP) is 7.86. The maximum absolute atomic E-state index is 13.7. The molecule has 1 N–H and O–H groups in total. The minimum Gasteiger partial charge on any atom is -0.619 e. The number of hydrogen-bond acceptors (Lipinski definition) is 8. The monoisotopic (exact) mass is 806 g/mol. The lowest BCUT2D eigenvalue weighted by atomic mass is 10.0. The van der Waals surface area contributed by atoms with Gasteiger partial charge in [-0.15, -0.1) is 0 Å². The fourth-order valence-electron chi connectivity index (χ4n) is 4.81. The van der Waals surface area contributed by atoms with E-state index in [2.05, 4.69) is 25.4 Å². The minimum absolute atomic E-state index is 0.0231. The topological polar surface area (TPSA) is 127 Å². The highest BCUT2D eigenvalue weighted by molar-refractivity contribution is 9.09. The van der Waals surface area contributed by atoms with Gasteiger partial charge in [0.25, 0.3) is 0 Å². The number of nitrogens with one attached hydrogen (secondary N) is 1. The number of halogens is 5. The molecule has 2 aromatic carbocycles. The van der Waals surface area contributed by atoms with Gasteiger partial charge in [0.05, 0.1) is 30.2 Å². The Morgan fingerprint density at radius 2 is 1.61 bits per heavy atom. The SMILES string of the molecule is O=C(O[C@@H](Cc1c(Cl)c[n+]([O-])cc1Cl)c1ccc(OC(F)F)c(OCC2CC2)c1)c1ccc(NS(=O)(=O)CCCCBr)c(OCC2CC2)c1. The van der Waals surface area contributed by atoms with E-state index in [1.54, 1.807) is 0 Å². The molecule has 2 saturated carbocycles. The molecule has 0 unspecified atom stereocenters. The number of pyridine rings is 1. The summed E-state index contributed by atoms with van der Waals surface area (Å²) >= 11 is 16.0. The molecule has 0 saturated heterocycles. The maximum Gasteiger partial charge on any atom is 0.387 e. The number of ether oxygens (including phenoxy) is 4. The first-order valence-corrected chi connectivity index (χ1v) is 19.3. The van der Waals surface area contributed by atoms with Crippen LogP contribution in [0.4, 0.5) is 14.5 Å². The third-order valence-corrected chi connectivity index (χ3v) is 10.4. The van der Waals surface area contributed by atoms with E-state index in [-0.39, 0.29) is 50.7 Å². The number of alkyl halides is 3. The molecule has 16 heteroatoms. The molecule has 1 heterocycles. The highest BCUT2D eigenvalue weighted by Gasteiger charge is 2.28. The van der Waals surface area contributed by atoms with Crippen LogP contribution < -0.4 is 23.7 Å². The summed E-state index contributed by atoms with van der Waals surface area (Å²) in [6.45, 7) is -2.45. The van der Waals surface area contributed by atoms with Crippen molar-refractivity contribution in [2.45, 2.75) is 57.7 Å². The number of esters is 1. The summed E-state index contributed by atoms with van der Waals surface area (Å²) in [5, 5.41) is 12.6. The van der Waals surface area contributed by atoms with E-state index in [0.717, 1.165) is 38.1 Å². The van der Waals surface area contributed by atoms with Crippen molar-refractivity contribution in [1.29, 1.82) is 0 Å². The van der Waals surface area contributed by atoms with Crippen molar-refractivity contribution in [3.63, 3.8) is 0 Å². The average Bonchev–Trinajstić information content (AvgIpc) is 3.97. The van der Waals surface area contributed by atoms with E-state index in [4.69, 9.17) is 37.4 Å². The second-order valence-electron chi connectivity index (χ2n) is 12.0. The standard InChI is InChI=1S/C33H35BrCl2F2N2O8S/c34-11-1-2-12-49(43,44)39-27-9-7-23(14-30(27)45-18-20-3-4-20)32(41)47-29(15-24-25(35)16-40(42)17-26(24)36)22-8-10-28(48-33(37)38)31(13-22)46-19-21-5-6-21/h7-10,13-14,16-17,20-21,29,33,39H,1-6,11-12,15,18-19H2/t29-/m0/s1. The van der Waals surface area contributed by atoms with Gasteiger partial charge in [0.15, 0.2) is 23.9 Å². The van der Waals surface area contributed by atoms with Gasteiger partial charge in [0.1, 0.15) is 21.9 Å². The van der Waals surface area contributed by atoms with Crippen LogP contribution in [-0.2, 0) is 21.2 Å². The Morgan fingerprint density at radius 3 is 2.22 bits per heavy atom. The van der Waals surface area contributed by atoms with Crippen LogP contribution in [-0.4, -0.2) is 45.3 Å². The lowest BCUT2D eigenvalue weighted by Gasteiger charge is -2.22. The number of carbonyl (C=O) groups is 1. The van der Waals surface area contributed by atoms with Gasteiger partial charge in [-0.25, -0.2) is 13.2 Å². The van der Waals surface area contributed by atoms with Crippen molar-refractivity contribution < 1.29 is 45.7 Å². The molecule has 2 aliphatic carbocycles. The van der Waals surface area contributed by atoms with Gasteiger partial charge in [0.2, 0.25) is 10.0 Å². The lowest BCUT2D eigenvalue weighted by molar-refractivity contribution is -0.605. The number of carbonyl (C=O) groups excluding carboxylic acids is 1. The summed E-state index contributed by atoms with van der Waals surface area (Å²) in [7, 11) is -3.69. The number of hydrogen-bond donors (Lipinski definition) is 1. The highest BCUT2D eigenvalue weighted by Crippen LogP contribution is 2.39. The average molecular weight is 809 g/mol. The Morgan fingerprint density at radius 1 is 0.959 bits per heavy atom. The van der Waals surface area contributed by atoms with Crippen LogP contribution in [0.1, 0.15) is 66.1 Å². The number of aromatic nitrogens is 1. The minimum atomic E-state index is -3.69. The fourth-order valence-corrected chi connectivity index (χ4v) is 6.99. The van der Waals surface area contributed by atoms with E-state index in [9.17, 15) is 27.2 Å². The van der Waals surface area contributed by atoms with E-state index in [0.29, 0.717) is 59.1 Å². The zero-order valence-electron chi connectivity index (χ0n) is 26.2. The van der Waals surface area contributed by atoms with Gasteiger partial charge in [-0.1, -0.05) is 45.2 Å². The number of benzene rings is 2. The van der Waals surface area contributed by atoms with Crippen molar-refractivity contribution in [2.75, 3.05) is 29.0 Å². The molecule has 0 amide bonds. The zero-order valence-corrected chi connectivity index (χ0v) is 30.1. The summed E-state index contributed by atoms with van der Waals surface area (Å²) in [5.74, 6) is -0.229. The Bertz CT molecular complexity index is 1720. The second kappa shape index (κ2) is 16.8. The van der Waals surface area contributed by atoms with Gasteiger partial charge < -0.3 is 24.2 Å². The largest absolute Gasteiger partial charge is 0.619 e. The van der Waals surface area contributed by atoms with Gasteiger partial charge in [-0.2, -0.15) is 13.5 Å². The number of rotatable bonds is 19. The smallest absolute Gasteiger partial charge is 0.387 e. The van der Waals surface area contributed by atoms with Crippen LogP contribution in [0.5, 0.6) is 17.2 Å². The van der Waals surface area contributed by atoms with Gasteiger partial charge in [0, 0.05) is 17.3 Å². The van der Waals surface area contributed by atoms with Crippen molar-refractivity contribution in [3.05, 3.63) is 80.7 Å². The van der Waals surface area contributed by atoms with Crippen LogP contribution in [0.2, 0.25) is 10.0 Å². The number of nitrogens with zero attached hydrogens (tertiary/aromatic N) is 1. The molecule has 2 fully saturated rings. The molecule has 49 heavy (non-hydrogen) atoms. The number of anilines is 1. The van der Waals surface area contributed by atoms with Crippen molar-refractivity contribution >= 4 is 60.8 Å². The van der Waals surface area contributed by atoms with Crippen LogP contribution in [0, 0.1) is 17.0 Å². The Balaban J connectivity index is 1.45. The summed E-state index contributed by atoms with van der Waals surface area (Å²) in [5.41, 5.74) is 0.904. The first-order valence-electron chi connectivity index (χ1n) is 15.7. The van der Waals surface area contributed by atoms with Crippen LogP contribution in [0.15, 0.2) is 48.8 Å². The highest BCUT2D eigenvalue weighted by atomic mass is 79.9. The Kier molecular flexibility index (Phi) is 12.7. The third-order valence-electron chi connectivity index (χ3n) is 7.87. The normalized spacial score (nSPS) is 15.1. The first-order chi connectivity index (χ1) is 23.4. The summed E-state index contributed by atoms with van der Waals surface area (Å²) < 4.78 is 77.4. The van der Waals surface area contributed by atoms with E-state index in [1.165, 1.54) is 36.4 Å². The molecule has 1 atom stereocenters. The van der Waals surface area contributed by atoms with E-state index >= 15 is 0 Å². The predicted molar refractivity (Wildman–Crippen MR) is 184 cm³/mol. The molecular formula is C33H35BrCl2F2N2O8S. The van der Waals surface area contributed by atoms with Gasteiger partial charge in [-0.05, 0) is 86.3 Å². The maximum atomic E-state index is 13.7. The lowest BCUT2D eigenvalue weighted by Crippen LogP contribution is -2.25. The van der Waals surface area contributed by atoms with Crippen LogP contribution in [0.25, 0.3) is 0 Å². The van der Waals surface area contributed by atoms with E-state index < -0.39 is 28.7 Å². The molecule has 0 bridgehead atoms. The van der Waals surface area contributed by atoms with E-state index in [1.807, 2.05) is 0 Å². The molecule has 3 aromatic rings. The van der Waals surface area contributed by atoms with Crippen LogP contribution >= 0.6 is 39.1 Å². The summed E-state index contributed by atoms with van der Waals surface area (Å²) in [6.07, 6.45) is 6.04. The number of sulfonamides is 1. The quantitative estimate of drug-likeness (QED) is 0.0427. The molecule has 10 nitrogen and oxygen atoms in total. The molecule has 0 spiro atoms. The molecule has 5 rings (SSSR count). The Labute approximate surface area is 301 Å². The molecule has 0 radical (unpaired) electrons. The van der Waals surface area contributed by atoms with Gasteiger partial charge in [-0.3, -0.25) is 4.72 Å². The third kappa shape index (κ3) is 11.2. The summed E-state index contributed by atoms with van der Waals surface area (Å²) in [6, 6.07) is 8.46. The van der Waals surface area contributed by atoms with Crippen molar-refractivity contribution in [2.24, 2.45) is 11.8 Å². The van der Waals surface area contributed by atoms with Crippen molar-refractivity contribution in [1.82, 2.24) is 0 Å². The Hall–Kier alpha value is -3.07. The first kappa shape index (κ1) is 37.2.